The zero-order chi connectivity index (χ0) is 14.0. The van der Waals surface area contributed by atoms with Gasteiger partial charge in [-0.3, -0.25) is 4.79 Å². The van der Waals surface area contributed by atoms with Gasteiger partial charge < -0.3 is 4.90 Å². The fraction of sp³-hybridized carbons (Fsp3) is 0.833. The summed E-state index contributed by atoms with van der Waals surface area (Å²) in [7, 11) is -3.38. The van der Waals surface area contributed by atoms with E-state index in [0.717, 1.165) is 12.8 Å². The summed E-state index contributed by atoms with van der Waals surface area (Å²) in [5.74, 6) is -0.841. The number of nitrogens with zero attached hydrogens (tertiary/aromatic N) is 2. The molecule has 0 radical (unpaired) electrons. The summed E-state index contributed by atoms with van der Waals surface area (Å²) in [6.07, 6.45) is 2.15. The second-order valence-electron chi connectivity index (χ2n) is 4.23. The molecule has 5 nitrogen and oxygen atoms in total. The second-order valence-corrected chi connectivity index (χ2v) is 6.42. The number of hydrogen-bond donors (Lipinski definition) is 0. The van der Waals surface area contributed by atoms with Gasteiger partial charge in [0.25, 0.3) is 0 Å². The Morgan fingerprint density at radius 2 is 1.78 bits per heavy atom. The zero-order valence-corrected chi connectivity index (χ0v) is 12.0. The zero-order valence-electron chi connectivity index (χ0n) is 11.2. The normalized spacial score (nSPS) is 10.9. The minimum atomic E-state index is -3.38. The fourth-order valence-corrected chi connectivity index (χ4v) is 2.91. The maximum Gasteiger partial charge on any atom is 0.237 e. The number of nitriles is 1. The van der Waals surface area contributed by atoms with Gasteiger partial charge in [0, 0.05) is 19.5 Å². The van der Waals surface area contributed by atoms with E-state index in [1.807, 2.05) is 19.9 Å². The van der Waals surface area contributed by atoms with Crippen LogP contribution in [0.5, 0.6) is 0 Å². The molecule has 0 rings (SSSR count). The predicted octanol–water partition coefficient (Wildman–Crippen LogP) is 1.35. The Labute approximate surface area is 110 Å². The molecule has 104 valence electrons. The van der Waals surface area contributed by atoms with Crippen molar-refractivity contribution in [1.82, 2.24) is 4.90 Å². The van der Waals surface area contributed by atoms with E-state index in [2.05, 4.69) is 0 Å². The molecule has 0 atom stereocenters. The highest BCUT2D eigenvalue weighted by Crippen LogP contribution is 2.02. The van der Waals surface area contributed by atoms with E-state index in [1.54, 1.807) is 4.90 Å². The lowest BCUT2D eigenvalue weighted by Crippen LogP contribution is -2.37. The first kappa shape index (κ1) is 16.9. The Balaban J connectivity index is 4.37. The molecule has 0 spiro atoms. The van der Waals surface area contributed by atoms with Crippen LogP contribution in [0.4, 0.5) is 0 Å². The van der Waals surface area contributed by atoms with Crippen molar-refractivity contribution in [1.29, 1.82) is 5.26 Å². The number of unbranched alkanes of at least 4 members (excludes halogenated alkanes) is 1. The summed E-state index contributed by atoms with van der Waals surface area (Å²) >= 11 is 0. The second kappa shape index (κ2) is 8.92. The predicted molar refractivity (Wildman–Crippen MR) is 70.7 cm³/mol. The van der Waals surface area contributed by atoms with Crippen LogP contribution < -0.4 is 0 Å². The first-order valence-corrected chi connectivity index (χ1v) is 8.14. The van der Waals surface area contributed by atoms with Gasteiger partial charge in [0.1, 0.15) is 5.75 Å². The molecule has 6 heteroatoms. The summed E-state index contributed by atoms with van der Waals surface area (Å²) in [5.41, 5.74) is 0. The van der Waals surface area contributed by atoms with E-state index >= 15 is 0 Å². The number of rotatable bonds is 9. The average Bonchev–Trinajstić information content (AvgIpc) is 2.28. The van der Waals surface area contributed by atoms with Crippen molar-refractivity contribution in [3.05, 3.63) is 0 Å². The highest BCUT2D eigenvalue weighted by atomic mass is 32.2. The smallest absolute Gasteiger partial charge is 0.237 e. The Kier molecular flexibility index (Phi) is 8.38. The molecule has 0 saturated carbocycles. The van der Waals surface area contributed by atoms with Gasteiger partial charge in [0.2, 0.25) is 5.91 Å². The van der Waals surface area contributed by atoms with E-state index in [9.17, 15) is 13.2 Å². The quantitative estimate of drug-likeness (QED) is 0.595. The lowest BCUT2D eigenvalue weighted by molar-refractivity contribution is -0.128. The molecule has 0 aromatic rings. The third-order valence-corrected chi connectivity index (χ3v) is 4.02. The summed E-state index contributed by atoms with van der Waals surface area (Å²) in [6, 6.07) is 1.90. The molecule has 0 aromatic carbocycles. The first-order chi connectivity index (χ1) is 8.46. The van der Waals surface area contributed by atoms with Crippen molar-refractivity contribution < 1.29 is 13.2 Å². The molecule has 0 unspecified atom stereocenters. The van der Waals surface area contributed by atoms with Crippen molar-refractivity contribution >= 4 is 15.7 Å². The van der Waals surface area contributed by atoms with Crippen molar-refractivity contribution in [2.45, 2.75) is 39.5 Å². The summed E-state index contributed by atoms with van der Waals surface area (Å²) in [5, 5.41) is 8.35. The van der Waals surface area contributed by atoms with E-state index in [4.69, 9.17) is 5.26 Å². The Hall–Kier alpha value is -1.09. The third kappa shape index (κ3) is 7.28. The van der Waals surface area contributed by atoms with Crippen LogP contribution >= 0.6 is 0 Å². The van der Waals surface area contributed by atoms with Gasteiger partial charge in [-0.1, -0.05) is 13.8 Å². The molecule has 0 aliphatic rings. The molecule has 0 saturated heterocycles. The highest BCUT2D eigenvalue weighted by molar-refractivity contribution is 7.92. The van der Waals surface area contributed by atoms with Crippen LogP contribution in [0.25, 0.3) is 0 Å². The molecule has 0 heterocycles. The molecule has 1 amide bonds. The summed E-state index contributed by atoms with van der Waals surface area (Å²) in [4.78, 5) is 13.5. The van der Waals surface area contributed by atoms with Gasteiger partial charge in [-0.05, 0) is 19.3 Å². The lowest BCUT2D eigenvalue weighted by Gasteiger charge is -2.21. The number of carbonyl (C=O) groups is 1. The molecule has 0 aromatic heterocycles. The van der Waals surface area contributed by atoms with Crippen molar-refractivity contribution in [2.24, 2.45) is 0 Å². The number of amides is 1. The van der Waals surface area contributed by atoms with Crippen LogP contribution in [0.1, 0.15) is 39.5 Å². The topological polar surface area (TPSA) is 78.2 Å². The van der Waals surface area contributed by atoms with Crippen LogP contribution in [-0.2, 0) is 14.6 Å². The molecule has 0 aliphatic heterocycles. The Bertz CT molecular complexity index is 379. The Morgan fingerprint density at radius 3 is 2.22 bits per heavy atom. The molecule has 0 N–H and O–H groups in total. The SMILES string of the molecule is CCCN(CCC)C(=O)CS(=O)(=O)CCCC#N. The van der Waals surface area contributed by atoms with Crippen LogP contribution in [0, 0.1) is 11.3 Å². The van der Waals surface area contributed by atoms with Gasteiger partial charge in [0.05, 0.1) is 11.8 Å². The monoisotopic (exact) mass is 274 g/mol. The van der Waals surface area contributed by atoms with Gasteiger partial charge in [0.15, 0.2) is 9.84 Å². The van der Waals surface area contributed by atoms with Crippen LogP contribution in [0.2, 0.25) is 0 Å². The summed E-state index contributed by atoms with van der Waals surface area (Å²) in [6.45, 7) is 5.11. The van der Waals surface area contributed by atoms with E-state index < -0.39 is 15.6 Å². The van der Waals surface area contributed by atoms with E-state index in [-0.39, 0.29) is 18.1 Å². The number of sulfone groups is 1. The maximum atomic E-state index is 11.9. The highest BCUT2D eigenvalue weighted by Gasteiger charge is 2.20. The molecule has 0 bridgehead atoms. The standard InChI is InChI=1S/C12H22N2O3S/c1-3-8-14(9-4-2)12(15)11-18(16,17)10-6-5-7-13/h3-6,8-11H2,1-2H3. The number of hydrogen-bond acceptors (Lipinski definition) is 4. The van der Waals surface area contributed by atoms with Gasteiger partial charge >= 0.3 is 0 Å². The molecular formula is C12H22N2O3S. The van der Waals surface area contributed by atoms with Crippen molar-refractivity contribution in [3.8, 4) is 6.07 Å². The molecule has 18 heavy (non-hydrogen) atoms. The molecule has 0 aliphatic carbocycles. The average molecular weight is 274 g/mol. The van der Waals surface area contributed by atoms with E-state index in [0.29, 0.717) is 19.5 Å². The maximum absolute atomic E-state index is 11.9. The first-order valence-electron chi connectivity index (χ1n) is 6.32. The van der Waals surface area contributed by atoms with Crippen molar-refractivity contribution in [3.63, 3.8) is 0 Å². The van der Waals surface area contributed by atoms with Gasteiger partial charge in [-0.2, -0.15) is 5.26 Å². The van der Waals surface area contributed by atoms with Crippen LogP contribution in [0.3, 0.4) is 0 Å². The third-order valence-electron chi connectivity index (χ3n) is 2.43. The lowest BCUT2D eigenvalue weighted by atomic mass is 10.3. The molecule has 0 fully saturated rings. The van der Waals surface area contributed by atoms with Gasteiger partial charge in [-0.25, -0.2) is 8.42 Å². The Morgan fingerprint density at radius 1 is 1.22 bits per heavy atom. The minimum Gasteiger partial charge on any atom is -0.342 e. The molecular weight excluding hydrogens is 252 g/mol. The number of carbonyl (C=O) groups excluding carboxylic acids is 1. The summed E-state index contributed by atoms with van der Waals surface area (Å²) < 4.78 is 23.3. The van der Waals surface area contributed by atoms with Crippen LogP contribution in [-0.4, -0.2) is 43.8 Å². The van der Waals surface area contributed by atoms with Gasteiger partial charge in [-0.15, -0.1) is 0 Å². The minimum absolute atomic E-state index is 0.0849. The van der Waals surface area contributed by atoms with Crippen molar-refractivity contribution in [2.75, 3.05) is 24.6 Å². The largest absolute Gasteiger partial charge is 0.342 e. The van der Waals surface area contributed by atoms with E-state index in [1.165, 1.54) is 0 Å². The fourth-order valence-electron chi connectivity index (χ4n) is 1.62. The van der Waals surface area contributed by atoms with Crippen LogP contribution in [0.15, 0.2) is 0 Å².